The molecule has 26 heteroatoms. The zero-order valence-electron chi connectivity index (χ0n) is 73.5. The molecule has 0 N–H and O–H groups in total. The second-order valence-corrected chi connectivity index (χ2v) is 55.3. The monoisotopic (exact) mass is 1770 g/mol. The van der Waals surface area contributed by atoms with Crippen molar-refractivity contribution in [3.63, 3.8) is 0 Å². The van der Waals surface area contributed by atoms with Crippen LogP contribution in [0.4, 0.5) is 0 Å². The lowest BCUT2D eigenvalue weighted by molar-refractivity contribution is 0.0198. The molecule has 23 rings (SSSR count). The number of aryl methyl sites for hydroxylation is 14. The molecule has 9 aromatic rings. The van der Waals surface area contributed by atoms with Crippen molar-refractivity contribution in [2.24, 2.45) is 29.1 Å². The molecule has 7 heterocycles. The fourth-order valence-corrected chi connectivity index (χ4v) is 44.4. The molecule has 1 spiro atoms. The van der Waals surface area contributed by atoms with Crippen LogP contribution in [-0.2, 0) is 72.6 Å². The topological polar surface area (TPSA) is 138 Å². The largest absolute Gasteiger partial charge is 0.553 e. The summed E-state index contributed by atoms with van der Waals surface area (Å²) in [7, 11) is -20.2. The van der Waals surface area contributed by atoms with E-state index in [1.165, 1.54) is 191 Å². The normalized spacial score (nSPS) is 21.8. The van der Waals surface area contributed by atoms with Crippen molar-refractivity contribution in [3.8, 4) is 44.5 Å². The van der Waals surface area contributed by atoms with Gasteiger partial charge in [-0.3, -0.25) is 0 Å². The SMILES string of the molecule is C1C2CC3CC1CC(C2)C3.CC(C)(C)C.C[Si]1O[Si](C)O[Si](C)O1.Cc1cc(C)c(C)c(-c2cc(C)cc(C)c2C)c1.Cc1cc(C)c(C)cc1C.Cc1ccc2c(c1)-c1cc(C)ccc1C2(C)C.Cc1ccc2c(c1)-c1cc(C)ccc1C21c2ccc(C)cc2-c2cc(C)ccc21.O1[Si]2O[Si]3O[Si]4O[Si]1O[Si]1O[Si](O2)O[Si](O3)O[Si](O4)O1. The summed E-state index contributed by atoms with van der Waals surface area (Å²) >= 11 is 0. The molecular weight excluding hydrogens is 1650 g/mol. The van der Waals surface area contributed by atoms with Gasteiger partial charge < -0.3 is 61.7 Å². The zero-order chi connectivity index (χ0) is 84.3. The van der Waals surface area contributed by atoms with E-state index in [0.29, 0.717) is 5.41 Å². The molecule has 11 radical (unpaired) electrons. The standard InChI is InChI=1S/C29H24.C18H22.C17H18.C10H16.C10H14.C5H12.C3H9O3Si3.O12Si8/c1-17-5-9-25-21(13-17)22-14-18(2)6-10-26(22)29(25)27-11-7-19(3)15-23(27)24-16-20(4)8-12-28(24)29;1-11-7-13(3)15(5)17(9-11)18-10-12(2)8-14(4)16(18)6;1-11-5-7-15-13(9-11)14-10-12(2)6-8-16(14)17(15,3)4;1-7-2-9-4-8(1)5-10(3-7)6-9;1-7-5-9(3)10(4)6-8(7)2;1-5(2,3)4;1-7-4-8(2)6-9(3)5-7;1-13-2-15-6-17-4-14(1)5-18-7-16(3-13)9-19(8-15)12-20(10-17)11-18/h5-16H,1-4H3;7-10H,1-6H3;5-10H,1-4H3;7-10H,1-6H2;5-6H,1-4H3;1-4H3;1-3H3;. The van der Waals surface area contributed by atoms with Crippen molar-refractivity contribution in [2.45, 2.75) is 221 Å². The van der Waals surface area contributed by atoms with Gasteiger partial charge in [-0.15, -0.1) is 0 Å². The molecular formula is C92H115O15Si11. The van der Waals surface area contributed by atoms with Crippen LogP contribution >= 0.6 is 0 Å². The predicted molar refractivity (Wildman–Crippen MR) is 485 cm³/mol. The van der Waals surface area contributed by atoms with Crippen LogP contribution in [0.1, 0.15) is 202 Å². The Morgan fingerprint density at radius 2 is 0.424 bits per heavy atom. The van der Waals surface area contributed by atoms with E-state index >= 15 is 0 Å². The van der Waals surface area contributed by atoms with Gasteiger partial charge in [0.15, 0.2) is 0 Å². The van der Waals surface area contributed by atoms with Crippen molar-refractivity contribution in [1.82, 2.24) is 0 Å². The summed E-state index contributed by atoms with van der Waals surface area (Å²) in [4.78, 5) is 0. The predicted octanol–water partition coefficient (Wildman–Crippen LogP) is 21.4. The Hall–Kier alpha value is -5.23. The van der Waals surface area contributed by atoms with Crippen LogP contribution in [0.5, 0.6) is 0 Å². The van der Waals surface area contributed by atoms with E-state index in [0.717, 1.165) is 0 Å². The van der Waals surface area contributed by atoms with Gasteiger partial charge in [0.25, 0.3) is 0 Å². The fourth-order valence-electron chi connectivity index (χ4n) is 18.4. The Morgan fingerprint density at radius 1 is 0.237 bits per heavy atom. The van der Waals surface area contributed by atoms with E-state index in [1.807, 2.05) is 19.6 Å². The summed E-state index contributed by atoms with van der Waals surface area (Å²) in [5.41, 5.74) is 42.0. The summed E-state index contributed by atoms with van der Waals surface area (Å²) in [5, 5.41) is 0. The number of rotatable bonds is 1. The first-order chi connectivity index (χ1) is 55.9. The molecule has 4 saturated carbocycles. The average molecular weight is 1770 g/mol. The van der Waals surface area contributed by atoms with Gasteiger partial charge in [-0.25, -0.2) is 0 Å². The number of benzene rings is 9. The first-order valence-electron chi connectivity index (χ1n) is 41.4. The van der Waals surface area contributed by atoms with Crippen LogP contribution < -0.4 is 0 Å². The first-order valence-corrected chi connectivity index (χ1v) is 56.7. The molecule has 118 heavy (non-hydrogen) atoms. The third kappa shape index (κ3) is 20.2. The Balaban J connectivity index is 0.000000116. The summed E-state index contributed by atoms with van der Waals surface area (Å²) in [5.74, 6) is 4.71. The van der Waals surface area contributed by atoms with E-state index < -0.39 is 104 Å². The van der Waals surface area contributed by atoms with E-state index in [4.69, 9.17) is 61.7 Å². The maximum absolute atomic E-state index is 5.57. The fraction of sp³-hybridized carbons (Fsp3) is 0.413. The molecule has 7 aliphatic carbocycles. The van der Waals surface area contributed by atoms with Crippen LogP contribution in [0.3, 0.4) is 0 Å². The quantitative estimate of drug-likeness (QED) is 0.144. The van der Waals surface area contributed by atoms with Crippen LogP contribution in [0.25, 0.3) is 44.5 Å². The molecule has 11 fully saturated rings. The third-order valence-electron chi connectivity index (χ3n) is 23.8. The van der Waals surface area contributed by atoms with Crippen molar-refractivity contribution >= 4 is 104 Å². The van der Waals surface area contributed by atoms with Crippen molar-refractivity contribution < 1.29 is 61.7 Å². The summed E-state index contributed by atoms with van der Waals surface area (Å²) in [6, 6.07) is 55.4. The van der Waals surface area contributed by atoms with Gasteiger partial charge in [0, 0.05) is 5.41 Å². The maximum atomic E-state index is 5.57. The number of hydrogen-bond acceptors (Lipinski definition) is 15. The smallest absolute Gasteiger partial charge is 0.414 e. The maximum Gasteiger partial charge on any atom is 0.553 e. The summed E-state index contributed by atoms with van der Waals surface area (Å²) in [6.45, 7) is 54.4. The van der Waals surface area contributed by atoms with Gasteiger partial charge in [-0.1, -0.05) is 232 Å². The Labute approximate surface area is 723 Å². The second kappa shape index (κ2) is 36.9. The van der Waals surface area contributed by atoms with E-state index in [1.54, 1.807) is 38.5 Å². The van der Waals surface area contributed by atoms with Crippen LogP contribution in [-0.4, -0.2) is 104 Å². The van der Waals surface area contributed by atoms with Gasteiger partial charge in [0.1, 0.15) is 0 Å². The van der Waals surface area contributed by atoms with E-state index in [-0.39, 0.29) is 10.8 Å². The van der Waals surface area contributed by atoms with Gasteiger partial charge in [0.05, 0.1) is 5.41 Å². The second-order valence-electron chi connectivity index (χ2n) is 36.1. The highest BCUT2D eigenvalue weighted by Crippen LogP contribution is 2.63. The molecule has 12 bridgehead atoms. The zero-order valence-corrected chi connectivity index (χ0v) is 84.5. The molecule has 0 unspecified atom stereocenters. The molecule has 0 atom stereocenters. The lowest BCUT2D eigenvalue weighted by Gasteiger charge is -2.49. The van der Waals surface area contributed by atoms with E-state index in [9.17, 15) is 0 Å². The summed E-state index contributed by atoms with van der Waals surface area (Å²) < 4.78 is 82.9. The minimum absolute atomic E-state index is 0.145. The minimum Gasteiger partial charge on any atom is -0.414 e. The molecule has 14 aliphatic rings. The molecule has 0 amide bonds. The number of fused-ring (bicyclic) bond motifs is 13. The molecule has 617 valence electrons. The van der Waals surface area contributed by atoms with Crippen molar-refractivity contribution in [1.29, 1.82) is 0 Å². The highest BCUT2D eigenvalue weighted by molar-refractivity contribution is 6.82. The molecule has 9 aromatic carbocycles. The van der Waals surface area contributed by atoms with Crippen LogP contribution in [0.15, 0.2) is 146 Å². The highest BCUT2D eigenvalue weighted by Gasteiger charge is 2.61. The first kappa shape index (κ1) is 89.1. The number of hydrogen-bond donors (Lipinski definition) is 0. The average Bonchev–Trinajstić information content (AvgIpc) is 1.51. The lowest BCUT2D eigenvalue weighted by atomic mass is 9.56. The van der Waals surface area contributed by atoms with Crippen LogP contribution in [0, 0.1) is 140 Å². The third-order valence-corrected chi connectivity index (χ3v) is 46.7. The minimum atomic E-state index is -2.18. The van der Waals surface area contributed by atoms with Crippen molar-refractivity contribution in [3.05, 3.63) is 268 Å². The summed E-state index contributed by atoms with van der Waals surface area (Å²) in [6.07, 6.45) is 9.62. The van der Waals surface area contributed by atoms with Gasteiger partial charge >= 0.3 is 104 Å². The highest BCUT2D eigenvalue weighted by atomic mass is 28.6. The Bertz CT molecular complexity index is 4560. The Kier molecular flexibility index (Phi) is 27.9. The molecule has 7 aliphatic heterocycles. The molecule has 7 saturated heterocycles. The lowest BCUT2D eigenvalue weighted by Crippen LogP contribution is -2.68. The van der Waals surface area contributed by atoms with Crippen molar-refractivity contribution in [2.75, 3.05) is 0 Å². The Morgan fingerprint density at radius 3 is 0.636 bits per heavy atom. The van der Waals surface area contributed by atoms with Gasteiger partial charge in [-0.2, -0.15) is 0 Å². The van der Waals surface area contributed by atoms with E-state index in [2.05, 4.69) is 298 Å². The molecule has 0 aromatic heterocycles. The van der Waals surface area contributed by atoms with Gasteiger partial charge in [0.2, 0.25) is 0 Å². The molecule has 15 nitrogen and oxygen atoms in total. The van der Waals surface area contributed by atoms with Gasteiger partial charge in [-0.05, 0) is 320 Å². The van der Waals surface area contributed by atoms with Crippen LogP contribution in [0.2, 0.25) is 19.6 Å².